The van der Waals surface area contributed by atoms with E-state index >= 15 is 0 Å². The minimum atomic E-state index is -0.491. The van der Waals surface area contributed by atoms with E-state index in [1.165, 1.54) is 20.3 Å². The standard InChI is InChI=1S/C11H15BrFNO2/c1-15-11(16-2)9(14)6-7-4-3-5-8(13)10(7)12/h3-5,9,11H,6,14H2,1-2H3. The number of hydrogen-bond acceptors (Lipinski definition) is 3. The summed E-state index contributed by atoms with van der Waals surface area (Å²) in [5.74, 6) is -0.295. The van der Waals surface area contributed by atoms with E-state index < -0.39 is 6.29 Å². The minimum Gasteiger partial charge on any atom is -0.354 e. The average Bonchev–Trinajstić information content (AvgIpc) is 2.26. The summed E-state index contributed by atoms with van der Waals surface area (Å²) in [4.78, 5) is 0. The number of methoxy groups -OCH3 is 2. The van der Waals surface area contributed by atoms with Gasteiger partial charge in [0, 0.05) is 14.2 Å². The zero-order valence-electron chi connectivity index (χ0n) is 9.24. The summed E-state index contributed by atoms with van der Waals surface area (Å²) in [7, 11) is 3.04. The van der Waals surface area contributed by atoms with Crippen LogP contribution in [-0.2, 0) is 15.9 Å². The van der Waals surface area contributed by atoms with Crippen LogP contribution in [0.1, 0.15) is 5.56 Å². The molecule has 0 fully saturated rings. The van der Waals surface area contributed by atoms with E-state index in [1.54, 1.807) is 6.07 Å². The Kier molecular flexibility index (Phi) is 5.34. The van der Waals surface area contributed by atoms with Crippen LogP contribution in [0.3, 0.4) is 0 Å². The summed E-state index contributed by atoms with van der Waals surface area (Å²) in [6, 6.07) is 4.52. The molecular formula is C11H15BrFNO2. The summed E-state index contributed by atoms with van der Waals surface area (Å²) in [6.07, 6.45) is -0.0137. The third-order valence-electron chi connectivity index (χ3n) is 2.30. The Bertz CT molecular complexity index is 345. The maximum absolute atomic E-state index is 13.2. The zero-order valence-corrected chi connectivity index (χ0v) is 10.8. The number of nitrogens with two attached hydrogens (primary N) is 1. The van der Waals surface area contributed by atoms with Crippen molar-refractivity contribution in [1.29, 1.82) is 0 Å². The van der Waals surface area contributed by atoms with E-state index in [9.17, 15) is 4.39 Å². The normalized spacial score (nSPS) is 13.1. The Morgan fingerprint density at radius 3 is 2.56 bits per heavy atom. The van der Waals surface area contributed by atoms with Gasteiger partial charge in [-0.3, -0.25) is 0 Å². The lowest BCUT2D eigenvalue weighted by Gasteiger charge is -2.21. The molecule has 0 aliphatic carbocycles. The molecule has 0 aromatic heterocycles. The first-order valence-electron chi connectivity index (χ1n) is 4.84. The van der Waals surface area contributed by atoms with Crippen molar-refractivity contribution >= 4 is 15.9 Å². The van der Waals surface area contributed by atoms with Gasteiger partial charge in [0.05, 0.1) is 10.5 Å². The number of halogens is 2. The molecule has 0 bridgehead atoms. The van der Waals surface area contributed by atoms with Gasteiger partial charge >= 0.3 is 0 Å². The van der Waals surface area contributed by atoms with Crippen LogP contribution in [0.15, 0.2) is 22.7 Å². The average molecular weight is 292 g/mol. The van der Waals surface area contributed by atoms with Crippen molar-refractivity contribution in [2.24, 2.45) is 5.73 Å². The number of ether oxygens (including phenoxy) is 2. The maximum Gasteiger partial charge on any atom is 0.172 e. The first-order chi connectivity index (χ1) is 7.60. The summed E-state index contributed by atoms with van der Waals surface area (Å²) in [5, 5.41) is 0. The molecule has 0 saturated carbocycles. The van der Waals surface area contributed by atoms with Crippen molar-refractivity contribution in [3.8, 4) is 0 Å². The molecule has 1 unspecified atom stereocenters. The second-order valence-electron chi connectivity index (χ2n) is 3.42. The van der Waals surface area contributed by atoms with Gasteiger partial charge in [-0.05, 0) is 34.0 Å². The lowest BCUT2D eigenvalue weighted by atomic mass is 10.1. The second kappa shape index (κ2) is 6.30. The molecule has 1 rings (SSSR count). The maximum atomic E-state index is 13.2. The molecule has 16 heavy (non-hydrogen) atoms. The third-order valence-corrected chi connectivity index (χ3v) is 3.19. The topological polar surface area (TPSA) is 44.5 Å². The van der Waals surface area contributed by atoms with Gasteiger partial charge in [0.2, 0.25) is 0 Å². The molecule has 0 saturated heterocycles. The van der Waals surface area contributed by atoms with Crippen LogP contribution in [0.4, 0.5) is 4.39 Å². The number of rotatable bonds is 5. The van der Waals surface area contributed by atoms with E-state index in [4.69, 9.17) is 15.2 Å². The fraction of sp³-hybridized carbons (Fsp3) is 0.455. The fourth-order valence-corrected chi connectivity index (χ4v) is 1.93. The van der Waals surface area contributed by atoms with Gasteiger partial charge in [-0.1, -0.05) is 12.1 Å². The van der Waals surface area contributed by atoms with E-state index in [0.29, 0.717) is 10.9 Å². The van der Waals surface area contributed by atoms with Crippen LogP contribution >= 0.6 is 15.9 Å². The largest absolute Gasteiger partial charge is 0.354 e. The molecule has 0 heterocycles. The van der Waals surface area contributed by atoms with Crippen LogP contribution < -0.4 is 5.73 Å². The Hall–Kier alpha value is -0.490. The summed E-state index contributed by atoms with van der Waals surface area (Å²) >= 11 is 3.19. The molecule has 0 radical (unpaired) electrons. The molecule has 1 aromatic rings. The van der Waals surface area contributed by atoms with Crippen LogP contribution in [-0.4, -0.2) is 26.6 Å². The van der Waals surface area contributed by atoms with Crippen LogP contribution in [0.2, 0.25) is 0 Å². The Labute approximate surface area is 103 Å². The van der Waals surface area contributed by atoms with Gasteiger partial charge in [-0.25, -0.2) is 4.39 Å². The van der Waals surface area contributed by atoms with E-state index in [0.717, 1.165) is 5.56 Å². The van der Waals surface area contributed by atoms with Crippen molar-refractivity contribution in [3.63, 3.8) is 0 Å². The highest BCUT2D eigenvalue weighted by Gasteiger charge is 2.18. The molecule has 0 aliphatic heterocycles. The Morgan fingerprint density at radius 1 is 1.38 bits per heavy atom. The minimum absolute atomic E-state index is 0.295. The second-order valence-corrected chi connectivity index (χ2v) is 4.21. The summed E-state index contributed by atoms with van der Waals surface area (Å²) in [6.45, 7) is 0. The van der Waals surface area contributed by atoms with E-state index in [-0.39, 0.29) is 11.9 Å². The zero-order chi connectivity index (χ0) is 12.1. The van der Waals surface area contributed by atoms with Crippen molar-refractivity contribution in [3.05, 3.63) is 34.1 Å². The molecular weight excluding hydrogens is 277 g/mol. The third kappa shape index (κ3) is 3.25. The molecule has 5 heteroatoms. The number of hydrogen-bond donors (Lipinski definition) is 1. The fourth-order valence-electron chi connectivity index (χ4n) is 1.50. The van der Waals surface area contributed by atoms with Gasteiger partial charge in [-0.15, -0.1) is 0 Å². The van der Waals surface area contributed by atoms with Crippen LogP contribution in [0.5, 0.6) is 0 Å². The van der Waals surface area contributed by atoms with Crippen molar-refractivity contribution in [1.82, 2.24) is 0 Å². The molecule has 0 spiro atoms. The molecule has 0 aliphatic rings. The van der Waals surface area contributed by atoms with Crippen molar-refractivity contribution in [2.75, 3.05) is 14.2 Å². The quantitative estimate of drug-likeness (QED) is 0.845. The highest BCUT2D eigenvalue weighted by Crippen LogP contribution is 2.22. The Balaban J connectivity index is 2.76. The highest BCUT2D eigenvalue weighted by molar-refractivity contribution is 9.10. The first kappa shape index (κ1) is 13.6. The van der Waals surface area contributed by atoms with Gasteiger partial charge in [0.25, 0.3) is 0 Å². The predicted octanol–water partition coefficient (Wildman–Crippen LogP) is 2.08. The number of benzene rings is 1. The molecule has 0 amide bonds. The monoisotopic (exact) mass is 291 g/mol. The molecule has 1 atom stereocenters. The van der Waals surface area contributed by atoms with Gasteiger partial charge < -0.3 is 15.2 Å². The SMILES string of the molecule is COC(OC)C(N)Cc1cccc(F)c1Br. The lowest BCUT2D eigenvalue weighted by molar-refractivity contribution is -0.115. The first-order valence-corrected chi connectivity index (χ1v) is 5.63. The van der Waals surface area contributed by atoms with Crippen LogP contribution in [0.25, 0.3) is 0 Å². The van der Waals surface area contributed by atoms with E-state index in [1.807, 2.05) is 6.07 Å². The smallest absolute Gasteiger partial charge is 0.172 e. The van der Waals surface area contributed by atoms with Crippen molar-refractivity contribution < 1.29 is 13.9 Å². The van der Waals surface area contributed by atoms with Gasteiger partial charge in [-0.2, -0.15) is 0 Å². The highest BCUT2D eigenvalue weighted by atomic mass is 79.9. The summed E-state index contributed by atoms with van der Waals surface area (Å²) < 4.78 is 23.8. The molecule has 3 nitrogen and oxygen atoms in total. The van der Waals surface area contributed by atoms with Crippen molar-refractivity contribution in [2.45, 2.75) is 18.8 Å². The Morgan fingerprint density at radius 2 is 2.00 bits per heavy atom. The summed E-state index contributed by atoms with van der Waals surface area (Å²) in [5.41, 5.74) is 6.69. The van der Waals surface area contributed by atoms with E-state index in [2.05, 4.69) is 15.9 Å². The molecule has 1 aromatic carbocycles. The molecule has 2 N–H and O–H groups in total. The van der Waals surface area contributed by atoms with Gasteiger partial charge in [0.15, 0.2) is 6.29 Å². The predicted molar refractivity (Wildman–Crippen MR) is 63.6 cm³/mol. The lowest BCUT2D eigenvalue weighted by Crippen LogP contribution is -2.39. The molecule has 90 valence electrons. The van der Waals surface area contributed by atoms with Gasteiger partial charge in [0.1, 0.15) is 5.82 Å². The van der Waals surface area contributed by atoms with Crippen LogP contribution in [0, 0.1) is 5.82 Å².